The molecule has 0 aromatic heterocycles. The molecular weight excluding hydrogens is 418 g/mol. The van der Waals surface area contributed by atoms with Crippen molar-refractivity contribution in [3.63, 3.8) is 0 Å². The molecule has 7 heteroatoms. The van der Waals surface area contributed by atoms with Gasteiger partial charge in [-0.25, -0.2) is 0 Å². The Kier molecular flexibility index (Phi) is 8.19. The molecule has 30 heavy (non-hydrogen) atoms. The maximum Gasteiger partial charge on any atom is 0.246 e. The van der Waals surface area contributed by atoms with E-state index in [9.17, 15) is 9.59 Å². The predicted octanol–water partition coefficient (Wildman–Crippen LogP) is 3.59. The largest absolute Gasteiger partial charge is 0.344 e. The number of halogens is 1. The van der Waals surface area contributed by atoms with Crippen molar-refractivity contribution in [3.8, 4) is 0 Å². The van der Waals surface area contributed by atoms with Crippen LogP contribution in [0.1, 0.15) is 18.1 Å². The average molecular weight is 446 g/mol. The van der Waals surface area contributed by atoms with Crippen LogP contribution in [0.25, 0.3) is 0 Å². The highest BCUT2D eigenvalue weighted by molar-refractivity contribution is 7.99. The van der Waals surface area contributed by atoms with Crippen LogP contribution >= 0.6 is 23.4 Å². The van der Waals surface area contributed by atoms with Gasteiger partial charge in [0, 0.05) is 55.3 Å². The molecule has 2 amide bonds. The first-order chi connectivity index (χ1) is 14.4. The Bertz CT molecular complexity index is 870. The summed E-state index contributed by atoms with van der Waals surface area (Å²) in [6.45, 7) is 7.29. The van der Waals surface area contributed by atoms with Crippen LogP contribution in [0.15, 0.2) is 53.4 Å². The van der Waals surface area contributed by atoms with Gasteiger partial charge in [0.2, 0.25) is 11.8 Å². The third-order valence-electron chi connectivity index (χ3n) is 5.17. The first kappa shape index (κ1) is 22.7. The summed E-state index contributed by atoms with van der Waals surface area (Å²) in [4.78, 5) is 30.0. The molecule has 1 N–H and O–H groups in total. The number of nitrogens with zero attached hydrogens (tertiary/aromatic N) is 2. The number of hydrogen-bond acceptors (Lipinski definition) is 4. The number of carbonyl (C=O) groups excluding carboxylic acids is 2. The van der Waals surface area contributed by atoms with Crippen molar-refractivity contribution in [3.05, 3.63) is 64.7 Å². The number of aryl methyl sites for hydroxylation is 1. The van der Waals surface area contributed by atoms with Gasteiger partial charge in [-0.3, -0.25) is 14.5 Å². The van der Waals surface area contributed by atoms with E-state index in [1.54, 1.807) is 0 Å². The average Bonchev–Trinajstić information content (AvgIpc) is 2.74. The van der Waals surface area contributed by atoms with E-state index in [1.807, 2.05) is 48.2 Å². The molecule has 1 heterocycles. The van der Waals surface area contributed by atoms with E-state index >= 15 is 0 Å². The number of benzene rings is 2. The zero-order valence-electron chi connectivity index (χ0n) is 17.4. The highest BCUT2D eigenvalue weighted by atomic mass is 35.5. The minimum Gasteiger partial charge on any atom is -0.344 e. The summed E-state index contributed by atoms with van der Waals surface area (Å²) in [7, 11) is 0. The molecule has 1 aliphatic rings. The van der Waals surface area contributed by atoms with Gasteiger partial charge in [0.25, 0.3) is 0 Å². The molecule has 0 spiro atoms. The number of rotatable bonds is 7. The summed E-state index contributed by atoms with van der Waals surface area (Å²) in [5.74, 6) is 0.260. The van der Waals surface area contributed by atoms with Crippen LogP contribution in [0.5, 0.6) is 0 Å². The molecule has 160 valence electrons. The molecule has 0 aliphatic carbocycles. The van der Waals surface area contributed by atoms with Crippen LogP contribution in [-0.2, 0) is 16.1 Å². The summed E-state index contributed by atoms with van der Waals surface area (Å²) in [5.41, 5.74) is 2.30. The quantitative estimate of drug-likeness (QED) is 0.662. The van der Waals surface area contributed by atoms with Crippen LogP contribution in [0.2, 0.25) is 5.02 Å². The number of thioether (sulfide) groups is 1. The molecule has 1 unspecified atom stereocenters. The van der Waals surface area contributed by atoms with Gasteiger partial charge in [-0.15, -0.1) is 11.8 Å². The maximum absolute atomic E-state index is 13.1. The maximum atomic E-state index is 13.1. The van der Waals surface area contributed by atoms with E-state index in [0.717, 1.165) is 30.1 Å². The number of hydrogen-bond donors (Lipinski definition) is 1. The van der Waals surface area contributed by atoms with Crippen molar-refractivity contribution in [1.29, 1.82) is 0 Å². The lowest BCUT2D eigenvalue weighted by Gasteiger charge is -2.36. The zero-order valence-corrected chi connectivity index (χ0v) is 19.0. The Labute approximate surface area is 187 Å². The van der Waals surface area contributed by atoms with Crippen LogP contribution in [0.4, 0.5) is 0 Å². The van der Waals surface area contributed by atoms with Crippen molar-refractivity contribution in [2.75, 3.05) is 31.9 Å². The number of carbonyl (C=O) groups is 2. The van der Waals surface area contributed by atoms with E-state index in [-0.39, 0.29) is 11.8 Å². The highest BCUT2D eigenvalue weighted by Crippen LogP contribution is 2.25. The van der Waals surface area contributed by atoms with E-state index in [0.29, 0.717) is 23.9 Å². The van der Waals surface area contributed by atoms with Gasteiger partial charge in [-0.2, -0.15) is 0 Å². The topological polar surface area (TPSA) is 52.7 Å². The lowest BCUT2D eigenvalue weighted by molar-refractivity contribution is -0.137. The molecule has 3 rings (SSSR count). The monoisotopic (exact) mass is 445 g/mol. The standard InChI is InChI=1S/C23H28ClN3O2S/c1-17-8-9-20(14-21(17)24)30-16-22(25-18(2)28)23(29)27-12-10-26(11-13-27)15-19-6-4-3-5-7-19/h3-9,14,22H,10-13,15-16H2,1-2H3,(H,25,28). The first-order valence-corrected chi connectivity index (χ1v) is 11.5. The summed E-state index contributed by atoms with van der Waals surface area (Å²) in [6.07, 6.45) is 0. The van der Waals surface area contributed by atoms with E-state index in [1.165, 1.54) is 24.2 Å². The Morgan fingerprint density at radius 3 is 2.43 bits per heavy atom. The summed E-state index contributed by atoms with van der Waals surface area (Å²) in [5, 5.41) is 3.53. The predicted molar refractivity (Wildman–Crippen MR) is 123 cm³/mol. The van der Waals surface area contributed by atoms with Gasteiger partial charge in [0.05, 0.1) is 0 Å². The highest BCUT2D eigenvalue weighted by Gasteiger charge is 2.28. The van der Waals surface area contributed by atoms with Crippen molar-refractivity contribution < 1.29 is 9.59 Å². The minimum atomic E-state index is -0.548. The van der Waals surface area contributed by atoms with Crippen LogP contribution in [0, 0.1) is 6.92 Å². The normalized spacial score (nSPS) is 15.6. The van der Waals surface area contributed by atoms with E-state index in [2.05, 4.69) is 22.3 Å². The first-order valence-electron chi connectivity index (χ1n) is 10.1. The SMILES string of the molecule is CC(=O)NC(CSc1ccc(C)c(Cl)c1)C(=O)N1CCN(Cc2ccccc2)CC1. The number of nitrogens with one attached hydrogen (secondary N) is 1. The van der Waals surface area contributed by atoms with Crippen LogP contribution in [-0.4, -0.2) is 59.6 Å². The Balaban J connectivity index is 1.55. The number of piperazine rings is 1. The summed E-state index contributed by atoms with van der Waals surface area (Å²) >= 11 is 7.74. The van der Waals surface area contributed by atoms with Crippen molar-refractivity contribution >= 4 is 35.2 Å². The van der Waals surface area contributed by atoms with Gasteiger partial charge in [-0.05, 0) is 30.2 Å². The zero-order chi connectivity index (χ0) is 21.5. The molecule has 5 nitrogen and oxygen atoms in total. The molecule has 0 saturated carbocycles. The molecule has 1 atom stereocenters. The van der Waals surface area contributed by atoms with Gasteiger partial charge in [0.1, 0.15) is 6.04 Å². The third kappa shape index (κ3) is 6.49. The molecular formula is C23H28ClN3O2S. The van der Waals surface area contributed by atoms with E-state index in [4.69, 9.17) is 11.6 Å². The molecule has 1 fully saturated rings. The van der Waals surface area contributed by atoms with Gasteiger partial charge >= 0.3 is 0 Å². The van der Waals surface area contributed by atoms with Crippen molar-refractivity contribution in [2.24, 2.45) is 0 Å². The van der Waals surface area contributed by atoms with Crippen LogP contribution < -0.4 is 5.32 Å². The van der Waals surface area contributed by atoms with Gasteiger partial charge < -0.3 is 10.2 Å². The van der Waals surface area contributed by atoms with Crippen molar-refractivity contribution in [2.45, 2.75) is 31.3 Å². The molecule has 2 aromatic carbocycles. The number of amides is 2. The van der Waals surface area contributed by atoms with Crippen molar-refractivity contribution in [1.82, 2.24) is 15.1 Å². The molecule has 0 bridgehead atoms. The second-order valence-corrected chi connectivity index (χ2v) is 9.06. The minimum absolute atomic E-state index is 0.0183. The summed E-state index contributed by atoms with van der Waals surface area (Å²) in [6, 6.07) is 15.7. The molecule has 0 radical (unpaired) electrons. The molecule has 2 aromatic rings. The fourth-order valence-corrected chi connectivity index (χ4v) is 4.65. The second kappa shape index (κ2) is 10.8. The van der Waals surface area contributed by atoms with Gasteiger partial charge in [0.15, 0.2) is 0 Å². The third-order valence-corrected chi connectivity index (χ3v) is 6.66. The van der Waals surface area contributed by atoms with Crippen LogP contribution in [0.3, 0.4) is 0 Å². The fraction of sp³-hybridized carbons (Fsp3) is 0.391. The second-order valence-electron chi connectivity index (χ2n) is 7.56. The molecule has 1 saturated heterocycles. The summed E-state index contributed by atoms with van der Waals surface area (Å²) < 4.78 is 0. The Morgan fingerprint density at radius 2 is 1.80 bits per heavy atom. The lowest BCUT2D eigenvalue weighted by Crippen LogP contribution is -2.55. The lowest BCUT2D eigenvalue weighted by atomic mass is 10.2. The van der Waals surface area contributed by atoms with Gasteiger partial charge in [-0.1, -0.05) is 48.0 Å². The fourth-order valence-electron chi connectivity index (χ4n) is 3.45. The Hall–Kier alpha value is -2.02. The van der Waals surface area contributed by atoms with E-state index < -0.39 is 6.04 Å². The molecule has 1 aliphatic heterocycles. The smallest absolute Gasteiger partial charge is 0.246 e. The Morgan fingerprint density at radius 1 is 1.10 bits per heavy atom.